The van der Waals surface area contributed by atoms with Crippen LogP contribution in [0, 0.1) is 0 Å². The molecule has 5 heteroatoms. The molecule has 18 heavy (non-hydrogen) atoms. The van der Waals surface area contributed by atoms with Gasteiger partial charge in [-0.05, 0) is 23.3 Å². The number of aliphatic hydroxyl groups excluding tert-OH is 1. The topological polar surface area (TPSA) is 64.6 Å². The van der Waals surface area contributed by atoms with E-state index in [2.05, 4.69) is 0 Å². The second-order valence-electron chi connectivity index (χ2n) is 3.75. The third-order valence-corrected chi connectivity index (χ3v) is 2.56. The van der Waals surface area contributed by atoms with Gasteiger partial charge in [0.05, 0.1) is 0 Å². The number of pyridine rings is 1. The fraction of sp³-hybridized carbons (Fsp3) is 0.154. The Bertz CT molecular complexity index is 514. The van der Waals surface area contributed by atoms with Crippen LogP contribution < -0.4 is 21.5 Å². The Hall–Kier alpha value is -1.59. The number of phenols is 2. The summed E-state index contributed by atoms with van der Waals surface area (Å²) < 4.78 is 1.86. The van der Waals surface area contributed by atoms with Crippen molar-refractivity contribution in [3.05, 3.63) is 42.7 Å². The van der Waals surface area contributed by atoms with Crippen LogP contribution in [-0.4, -0.2) is 21.9 Å². The molecule has 0 saturated carbocycles. The molecule has 0 radical (unpaired) electrons. The van der Waals surface area contributed by atoms with Gasteiger partial charge < -0.3 is 32.3 Å². The van der Waals surface area contributed by atoms with Crippen molar-refractivity contribution in [3.63, 3.8) is 0 Å². The number of aromatic nitrogens is 1. The third-order valence-electron chi connectivity index (χ3n) is 2.56. The lowest BCUT2D eigenvalue weighted by Crippen LogP contribution is -3.00. The maximum atomic E-state index is 9.41. The molecule has 0 fully saturated rings. The predicted molar refractivity (Wildman–Crippen MR) is 62.5 cm³/mol. The summed E-state index contributed by atoms with van der Waals surface area (Å²) in [6.45, 7) is 0.658. The van der Waals surface area contributed by atoms with Crippen LogP contribution in [0.25, 0.3) is 11.1 Å². The van der Waals surface area contributed by atoms with Crippen molar-refractivity contribution in [1.29, 1.82) is 0 Å². The van der Waals surface area contributed by atoms with Crippen LogP contribution in [0.15, 0.2) is 42.7 Å². The van der Waals surface area contributed by atoms with Gasteiger partial charge in [-0.2, -0.15) is 0 Å². The summed E-state index contributed by atoms with van der Waals surface area (Å²) in [7, 11) is 0. The number of phenolic OH excluding ortho intramolecular Hbond substituents is 2. The van der Waals surface area contributed by atoms with E-state index in [-0.39, 0.29) is 35.1 Å². The molecule has 0 amide bonds. The Balaban J connectivity index is 0.00000162. The predicted octanol–water partition coefficient (Wildman–Crippen LogP) is -1.95. The van der Waals surface area contributed by atoms with E-state index < -0.39 is 0 Å². The molecule has 2 aromatic rings. The zero-order valence-electron chi connectivity index (χ0n) is 9.62. The number of aliphatic hydroxyl groups is 1. The molecule has 0 aliphatic rings. The van der Waals surface area contributed by atoms with Crippen molar-refractivity contribution in [2.75, 3.05) is 6.61 Å². The molecule has 1 aromatic carbocycles. The Kier molecular flexibility index (Phi) is 5.12. The van der Waals surface area contributed by atoms with Crippen molar-refractivity contribution in [3.8, 4) is 22.6 Å². The van der Waals surface area contributed by atoms with E-state index in [0.29, 0.717) is 6.54 Å². The first-order chi connectivity index (χ1) is 8.20. The Labute approximate surface area is 116 Å². The monoisotopic (exact) mass is 311 g/mol. The van der Waals surface area contributed by atoms with Gasteiger partial charge in [-0.3, -0.25) is 0 Å². The molecule has 3 N–H and O–H groups in total. The third kappa shape index (κ3) is 3.21. The maximum absolute atomic E-state index is 9.41. The highest BCUT2D eigenvalue weighted by Crippen LogP contribution is 2.29. The number of benzene rings is 1. The number of hydrogen-bond donors (Lipinski definition) is 3. The van der Waals surface area contributed by atoms with Gasteiger partial charge in [-0.1, -0.05) is 6.07 Å². The van der Waals surface area contributed by atoms with Crippen LogP contribution in [0.2, 0.25) is 0 Å². The summed E-state index contributed by atoms with van der Waals surface area (Å²) in [4.78, 5) is 0. The lowest BCUT2D eigenvalue weighted by atomic mass is 10.1. The molecule has 0 bridgehead atoms. The SMILES string of the molecule is OCC[n+]1ccc(-c2ccc(O)c(O)c2)cc1.[Br-]. The highest BCUT2D eigenvalue weighted by molar-refractivity contribution is 5.65. The lowest BCUT2D eigenvalue weighted by Gasteiger charge is -2.03. The normalized spacial score (nSPS) is 9.83. The zero-order valence-corrected chi connectivity index (χ0v) is 11.2. The van der Waals surface area contributed by atoms with E-state index >= 15 is 0 Å². The number of nitrogens with zero attached hydrogens (tertiary/aromatic N) is 1. The van der Waals surface area contributed by atoms with Crippen LogP contribution in [0.3, 0.4) is 0 Å². The van der Waals surface area contributed by atoms with Crippen molar-refractivity contribution < 1.29 is 36.9 Å². The molecule has 4 nitrogen and oxygen atoms in total. The van der Waals surface area contributed by atoms with Crippen molar-refractivity contribution in [2.45, 2.75) is 6.54 Å². The second-order valence-corrected chi connectivity index (χ2v) is 3.75. The summed E-state index contributed by atoms with van der Waals surface area (Å²) in [6.07, 6.45) is 3.71. The van der Waals surface area contributed by atoms with Gasteiger partial charge in [0.1, 0.15) is 6.61 Å². The number of halogens is 1. The molecule has 2 rings (SSSR count). The summed E-state index contributed by atoms with van der Waals surface area (Å²) >= 11 is 0. The average Bonchev–Trinajstić information content (AvgIpc) is 2.34. The van der Waals surface area contributed by atoms with Crippen LogP contribution in [0.1, 0.15) is 0 Å². The van der Waals surface area contributed by atoms with Crippen LogP contribution in [-0.2, 0) is 6.54 Å². The van der Waals surface area contributed by atoms with Crippen molar-refractivity contribution in [2.24, 2.45) is 0 Å². The molecular formula is C13H14BrNO3. The van der Waals surface area contributed by atoms with Gasteiger partial charge in [-0.15, -0.1) is 0 Å². The molecule has 0 aliphatic heterocycles. The van der Waals surface area contributed by atoms with E-state index in [1.54, 1.807) is 6.07 Å². The van der Waals surface area contributed by atoms with Crippen molar-refractivity contribution >= 4 is 0 Å². The molecule has 0 spiro atoms. The van der Waals surface area contributed by atoms with Gasteiger partial charge in [0, 0.05) is 12.1 Å². The molecular weight excluding hydrogens is 298 g/mol. The lowest BCUT2D eigenvalue weighted by molar-refractivity contribution is -0.698. The molecule has 1 heterocycles. The molecule has 1 aromatic heterocycles. The summed E-state index contributed by atoms with van der Waals surface area (Å²) in [5.74, 6) is -0.255. The standard InChI is InChI=1S/C13H13NO3.BrH/c15-8-7-14-5-3-10(4-6-14)11-1-2-12(16)13(17)9-11;/h1-6,9,15,17H,7-8H2;1H. The largest absolute Gasteiger partial charge is 1.00 e. The van der Waals surface area contributed by atoms with E-state index in [4.69, 9.17) is 5.11 Å². The minimum absolute atomic E-state index is 0. The van der Waals surface area contributed by atoms with Gasteiger partial charge in [-0.25, -0.2) is 4.57 Å². The van der Waals surface area contributed by atoms with Gasteiger partial charge in [0.15, 0.2) is 30.4 Å². The van der Waals surface area contributed by atoms with Crippen molar-refractivity contribution in [1.82, 2.24) is 0 Å². The van der Waals surface area contributed by atoms with Crippen LogP contribution in [0.4, 0.5) is 0 Å². The molecule has 0 atom stereocenters. The smallest absolute Gasteiger partial charge is 0.171 e. The van der Waals surface area contributed by atoms with E-state index in [9.17, 15) is 10.2 Å². The van der Waals surface area contributed by atoms with Gasteiger partial charge in [0.25, 0.3) is 0 Å². The minimum Gasteiger partial charge on any atom is -1.00 e. The quantitative estimate of drug-likeness (QED) is 0.456. The van der Waals surface area contributed by atoms with Gasteiger partial charge in [0.2, 0.25) is 0 Å². The second kappa shape index (κ2) is 6.37. The highest BCUT2D eigenvalue weighted by atomic mass is 79.9. The van der Waals surface area contributed by atoms with E-state index in [1.165, 1.54) is 12.1 Å². The number of rotatable bonds is 3. The highest BCUT2D eigenvalue weighted by Gasteiger charge is 2.05. The molecule has 0 unspecified atom stereocenters. The summed E-state index contributed by atoms with van der Waals surface area (Å²) in [5, 5.41) is 27.4. The number of aromatic hydroxyl groups is 2. The first-order valence-corrected chi connectivity index (χ1v) is 5.33. The summed E-state index contributed by atoms with van der Waals surface area (Å²) in [6, 6.07) is 8.49. The fourth-order valence-electron chi connectivity index (χ4n) is 1.62. The van der Waals surface area contributed by atoms with E-state index in [1.807, 2.05) is 29.1 Å². The first-order valence-electron chi connectivity index (χ1n) is 5.33. The Morgan fingerprint density at radius 3 is 2.11 bits per heavy atom. The average molecular weight is 312 g/mol. The fourth-order valence-corrected chi connectivity index (χ4v) is 1.62. The zero-order chi connectivity index (χ0) is 12.3. The van der Waals surface area contributed by atoms with E-state index in [0.717, 1.165) is 11.1 Å². The Morgan fingerprint density at radius 2 is 1.56 bits per heavy atom. The molecule has 96 valence electrons. The maximum Gasteiger partial charge on any atom is 0.171 e. The first kappa shape index (κ1) is 14.5. The van der Waals surface area contributed by atoms with Gasteiger partial charge >= 0.3 is 0 Å². The van der Waals surface area contributed by atoms with Crippen LogP contribution >= 0.6 is 0 Å². The minimum atomic E-state index is -0.130. The number of hydrogen-bond acceptors (Lipinski definition) is 3. The molecule has 0 aliphatic carbocycles. The summed E-state index contributed by atoms with van der Waals surface area (Å²) in [5.41, 5.74) is 1.77. The van der Waals surface area contributed by atoms with Crippen LogP contribution in [0.5, 0.6) is 11.5 Å². The Morgan fingerprint density at radius 1 is 0.889 bits per heavy atom. The molecule has 0 saturated heterocycles.